The van der Waals surface area contributed by atoms with E-state index in [0.717, 1.165) is 6.07 Å². The number of sulfonamides is 1. The molecule has 1 aromatic carbocycles. The number of halogens is 1. The summed E-state index contributed by atoms with van der Waals surface area (Å²) in [4.78, 5) is 1.69. The number of anilines is 1. The third kappa shape index (κ3) is 3.43. The van der Waals surface area contributed by atoms with Crippen LogP contribution >= 0.6 is 0 Å². The van der Waals surface area contributed by atoms with Gasteiger partial charge < -0.3 is 9.47 Å². The Labute approximate surface area is 156 Å². The molecule has 0 spiro atoms. The van der Waals surface area contributed by atoms with Gasteiger partial charge in [-0.05, 0) is 36.4 Å². The summed E-state index contributed by atoms with van der Waals surface area (Å²) in [6.45, 7) is 1.45. The van der Waals surface area contributed by atoms with Crippen molar-refractivity contribution in [2.75, 3.05) is 31.1 Å². The van der Waals surface area contributed by atoms with Gasteiger partial charge in [0.15, 0.2) is 11.6 Å². The minimum atomic E-state index is -3.84. The first-order chi connectivity index (χ1) is 13.1. The van der Waals surface area contributed by atoms with Crippen molar-refractivity contribution in [2.45, 2.75) is 4.90 Å². The van der Waals surface area contributed by atoms with E-state index in [1.807, 2.05) is 46.1 Å². The summed E-state index contributed by atoms with van der Waals surface area (Å²) in [6, 6.07) is 13.0. The van der Waals surface area contributed by atoms with Gasteiger partial charge in [-0.25, -0.2) is 12.8 Å². The largest absolute Gasteiger partial charge is 0.352 e. The molecule has 3 aromatic rings. The van der Waals surface area contributed by atoms with Crippen molar-refractivity contribution < 1.29 is 12.8 Å². The number of benzene rings is 1. The molecule has 0 radical (unpaired) electrons. The average Bonchev–Trinajstić information content (AvgIpc) is 3.23. The molecule has 27 heavy (non-hydrogen) atoms. The van der Waals surface area contributed by atoms with Crippen LogP contribution in [0.15, 0.2) is 65.8 Å². The molecular weight excluding hydrogens is 369 g/mol. The SMILES string of the molecule is O=S(=O)(c1ccccc1F)N1CCN(c2ccc(-n3cccc3)nn2)CC1. The quantitative estimate of drug-likeness (QED) is 0.684. The van der Waals surface area contributed by atoms with Crippen LogP contribution in [-0.2, 0) is 10.0 Å². The van der Waals surface area contributed by atoms with E-state index in [-0.39, 0.29) is 18.0 Å². The molecule has 1 saturated heterocycles. The second-order valence-corrected chi connectivity index (χ2v) is 8.07. The summed E-state index contributed by atoms with van der Waals surface area (Å²) >= 11 is 0. The van der Waals surface area contributed by atoms with Gasteiger partial charge >= 0.3 is 0 Å². The monoisotopic (exact) mass is 387 g/mol. The molecule has 1 aliphatic heterocycles. The standard InChI is InChI=1S/C18H18FN5O2S/c19-15-5-1-2-6-16(15)27(25,26)24-13-11-23(12-14-24)18-8-7-17(20-21-18)22-9-3-4-10-22/h1-10H,11-14H2. The van der Waals surface area contributed by atoms with Gasteiger partial charge in [-0.2, -0.15) is 4.31 Å². The van der Waals surface area contributed by atoms with Crippen LogP contribution in [0.5, 0.6) is 0 Å². The van der Waals surface area contributed by atoms with E-state index in [4.69, 9.17) is 0 Å². The average molecular weight is 387 g/mol. The Morgan fingerprint density at radius 2 is 1.44 bits per heavy atom. The van der Waals surface area contributed by atoms with Crippen molar-refractivity contribution in [1.29, 1.82) is 0 Å². The maximum Gasteiger partial charge on any atom is 0.246 e. The minimum Gasteiger partial charge on any atom is -0.352 e. The fourth-order valence-electron chi connectivity index (χ4n) is 3.06. The van der Waals surface area contributed by atoms with E-state index in [0.29, 0.717) is 24.7 Å². The van der Waals surface area contributed by atoms with E-state index in [1.54, 1.807) is 0 Å². The van der Waals surface area contributed by atoms with Gasteiger partial charge in [0.05, 0.1) is 0 Å². The predicted octanol–water partition coefficient (Wildman–Crippen LogP) is 1.92. The van der Waals surface area contributed by atoms with Crippen LogP contribution < -0.4 is 4.90 Å². The minimum absolute atomic E-state index is 0.262. The summed E-state index contributed by atoms with van der Waals surface area (Å²) in [5.74, 6) is 0.671. The van der Waals surface area contributed by atoms with E-state index in [9.17, 15) is 12.8 Å². The van der Waals surface area contributed by atoms with Gasteiger partial charge in [-0.1, -0.05) is 12.1 Å². The van der Waals surface area contributed by atoms with Crippen LogP contribution in [-0.4, -0.2) is 53.7 Å². The molecular formula is C18H18FN5O2S. The van der Waals surface area contributed by atoms with Crippen LogP contribution in [0.3, 0.4) is 0 Å². The lowest BCUT2D eigenvalue weighted by atomic mass is 10.3. The molecule has 0 atom stereocenters. The fourth-order valence-corrected chi connectivity index (χ4v) is 4.55. The zero-order valence-electron chi connectivity index (χ0n) is 14.4. The molecule has 0 unspecified atom stereocenters. The Balaban J connectivity index is 1.45. The van der Waals surface area contributed by atoms with Gasteiger partial charge in [0, 0.05) is 38.6 Å². The maximum atomic E-state index is 13.9. The van der Waals surface area contributed by atoms with E-state index >= 15 is 0 Å². The molecule has 0 bridgehead atoms. The molecule has 140 valence electrons. The molecule has 2 aromatic heterocycles. The molecule has 0 aliphatic carbocycles. The van der Waals surface area contributed by atoms with Crippen LogP contribution in [0.2, 0.25) is 0 Å². The van der Waals surface area contributed by atoms with E-state index in [2.05, 4.69) is 10.2 Å². The van der Waals surface area contributed by atoms with E-state index in [1.165, 1.54) is 22.5 Å². The maximum absolute atomic E-state index is 13.9. The third-order valence-corrected chi connectivity index (χ3v) is 6.45. The summed E-state index contributed by atoms with van der Waals surface area (Å²) in [5.41, 5.74) is 0. The molecule has 4 rings (SSSR count). The summed E-state index contributed by atoms with van der Waals surface area (Å²) in [5, 5.41) is 8.46. The lowest BCUT2D eigenvalue weighted by Gasteiger charge is -2.34. The van der Waals surface area contributed by atoms with Crippen molar-refractivity contribution in [3.05, 3.63) is 66.7 Å². The highest BCUT2D eigenvalue weighted by Gasteiger charge is 2.30. The van der Waals surface area contributed by atoms with Crippen molar-refractivity contribution in [3.8, 4) is 5.82 Å². The van der Waals surface area contributed by atoms with Crippen LogP contribution in [0.1, 0.15) is 0 Å². The second-order valence-electron chi connectivity index (χ2n) is 6.16. The molecule has 1 aliphatic rings. The van der Waals surface area contributed by atoms with Crippen LogP contribution in [0.4, 0.5) is 10.2 Å². The van der Waals surface area contributed by atoms with Gasteiger partial charge in [0.25, 0.3) is 0 Å². The van der Waals surface area contributed by atoms with Crippen LogP contribution in [0, 0.1) is 5.82 Å². The topological polar surface area (TPSA) is 71.3 Å². The highest BCUT2D eigenvalue weighted by atomic mass is 32.2. The highest BCUT2D eigenvalue weighted by Crippen LogP contribution is 2.22. The number of piperazine rings is 1. The molecule has 7 nitrogen and oxygen atoms in total. The summed E-state index contributed by atoms with van der Waals surface area (Å²) in [7, 11) is -3.84. The van der Waals surface area contributed by atoms with Crippen molar-refractivity contribution in [1.82, 2.24) is 19.1 Å². The van der Waals surface area contributed by atoms with Gasteiger partial charge in [0.2, 0.25) is 10.0 Å². The van der Waals surface area contributed by atoms with Crippen LogP contribution in [0.25, 0.3) is 5.82 Å². The Kier molecular flexibility index (Phi) is 4.63. The fraction of sp³-hybridized carbons (Fsp3) is 0.222. The van der Waals surface area contributed by atoms with Gasteiger partial charge in [-0.3, -0.25) is 0 Å². The Morgan fingerprint density at radius 1 is 0.815 bits per heavy atom. The predicted molar refractivity (Wildman–Crippen MR) is 98.7 cm³/mol. The molecule has 0 amide bonds. The lowest BCUT2D eigenvalue weighted by molar-refractivity contribution is 0.381. The summed E-state index contributed by atoms with van der Waals surface area (Å²) in [6.07, 6.45) is 3.77. The van der Waals surface area contributed by atoms with Crippen molar-refractivity contribution in [2.24, 2.45) is 0 Å². The number of aromatic nitrogens is 3. The Bertz CT molecular complexity index is 1010. The first-order valence-electron chi connectivity index (χ1n) is 8.52. The number of hydrogen-bond acceptors (Lipinski definition) is 5. The molecule has 1 fully saturated rings. The Hall–Kier alpha value is -2.78. The van der Waals surface area contributed by atoms with Crippen molar-refractivity contribution in [3.63, 3.8) is 0 Å². The van der Waals surface area contributed by atoms with Gasteiger partial charge in [0.1, 0.15) is 10.7 Å². The summed E-state index contributed by atoms with van der Waals surface area (Å²) < 4.78 is 42.4. The molecule has 0 N–H and O–H groups in total. The van der Waals surface area contributed by atoms with E-state index < -0.39 is 15.8 Å². The molecule has 9 heteroatoms. The Morgan fingerprint density at radius 3 is 2.07 bits per heavy atom. The van der Waals surface area contributed by atoms with Gasteiger partial charge in [-0.15, -0.1) is 10.2 Å². The zero-order valence-corrected chi connectivity index (χ0v) is 15.3. The zero-order chi connectivity index (χ0) is 18.9. The number of hydrogen-bond donors (Lipinski definition) is 0. The first kappa shape index (κ1) is 17.6. The second kappa shape index (κ2) is 7.09. The normalized spacial score (nSPS) is 15.8. The lowest BCUT2D eigenvalue weighted by Crippen LogP contribution is -2.49. The van der Waals surface area contributed by atoms with Crippen molar-refractivity contribution >= 4 is 15.8 Å². The number of nitrogens with zero attached hydrogens (tertiary/aromatic N) is 5. The third-order valence-electron chi connectivity index (χ3n) is 4.52. The molecule has 0 saturated carbocycles. The molecule has 3 heterocycles. The first-order valence-corrected chi connectivity index (χ1v) is 9.96. The number of rotatable bonds is 4. The highest BCUT2D eigenvalue weighted by molar-refractivity contribution is 7.89. The smallest absolute Gasteiger partial charge is 0.246 e.